The summed E-state index contributed by atoms with van der Waals surface area (Å²) in [4.78, 5) is 31.5. The molecule has 1 aliphatic rings. The lowest BCUT2D eigenvalue weighted by Crippen LogP contribution is -2.36. The molecule has 1 fully saturated rings. The second-order valence-corrected chi connectivity index (χ2v) is 8.40. The first-order chi connectivity index (χ1) is 12.3. The van der Waals surface area contributed by atoms with E-state index in [0.717, 1.165) is 37.0 Å². The van der Waals surface area contributed by atoms with E-state index in [0.29, 0.717) is 11.0 Å². The van der Waals surface area contributed by atoms with E-state index in [2.05, 4.69) is 20.8 Å². The molecule has 0 atom stereocenters. The third-order valence-corrected chi connectivity index (χ3v) is 5.51. The van der Waals surface area contributed by atoms with Crippen LogP contribution in [0.5, 0.6) is 0 Å². The fraction of sp³-hybridized carbons (Fsp3) is 0.476. The van der Waals surface area contributed by atoms with Crippen molar-refractivity contribution in [2.24, 2.45) is 7.05 Å². The number of nitrogens with zero attached hydrogens (tertiary/aromatic N) is 3. The van der Waals surface area contributed by atoms with Gasteiger partial charge in [0, 0.05) is 23.9 Å². The highest BCUT2D eigenvalue weighted by Crippen LogP contribution is 2.32. The smallest absolute Gasteiger partial charge is 0.267 e. The summed E-state index contributed by atoms with van der Waals surface area (Å²) < 4.78 is 3.70. The van der Waals surface area contributed by atoms with Crippen LogP contribution in [0.3, 0.4) is 0 Å². The molecule has 136 valence electrons. The Morgan fingerprint density at radius 3 is 2.38 bits per heavy atom. The second kappa shape index (κ2) is 5.79. The van der Waals surface area contributed by atoms with Gasteiger partial charge in [0.25, 0.3) is 5.56 Å². The molecule has 3 aromatic rings. The molecule has 0 unspecified atom stereocenters. The van der Waals surface area contributed by atoms with Crippen molar-refractivity contribution in [1.29, 1.82) is 0 Å². The van der Waals surface area contributed by atoms with Gasteiger partial charge in [-0.15, -0.1) is 0 Å². The van der Waals surface area contributed by atoms with Gasteiger partial charge in [-0.2, -0.15) is 0 Å². The summed E-state index contributed by atoms with van der Waals surface area (Å²) in [5.41, 5.74) is 0.613. The minimum atomic E-state index is -0.280. The van der Waals surface area contributed by atoms with Gasteiger partial charge in [0.05, 0.1) is 5.52 Å². The molecule has 0 N–H and O–H groups in total. The number of hydrogen-bond donors (Lipinski definition) is 0. The molecule has 1 saturated carbocycles. The average molecular weight is 351 g/mol. The average Bonchev–Trinajstić information content (AvgIpc) is 3.12. The van der Waals surface area contributed by atoms with Crippen LogP contribution in [0.1, 0.15) is 58.3 Å². The number of rotatable bonds is 1. The lowest BCUT2D eigenvalue weighted by molar-refractivity contribution is 0.418. The lowest BCUT2D eigenvalue weighted by Gasteiger charge is -2.27. The molecule has 0 aliphatic heterocycles. The number of pyridine rings is 1. The predicted molar refractivity (Wildman–Crippen MR) is 105 cm³/mol. The second-order valence-electron chi connectivity index (χ2n) is 8.40. The molecule has 5 heteroatoms. The predicted octanol–water partition coefficient (Wildman–Crippen LogP) is 3.66. The first-order valence-electron chi connectivity index (χ1n) is 9.35. The van der Waals surface area contributed by atoms with Crippen LogP contribution in [-0.2, 0) is 12.5 Å². The highest BCUT2D eigenvalue weighted by atomic mass is 16.1. The molecular weight excluding hydrogens is 326 g/mol. The third kappa shape index (κ3) is 2.41. The zero-order chi connectivity index (χ0) is 18.6. The fourth-order valence-electron chi connectivity index (χ4n) is 4.20. The molecule has 5 nitrogen and oxygen atoms in total. The number of para-hydroxylation sites is 1. The topological polar surface area (TPSA) is 56.9 Å². The summed E-state index contributed by atoms with van der Waals surface area (Å²) in [6.45, 7) is 6.22. The van der Waals surface area contributed by atoms with Crippen LogP contribution >= 0.6 is 0 Å². The standard InChI is InChI=1S/C21H25N3O2/c1-21(2,3)20-22-18-16(19(26)24(20)13-9-5-6-10-13)17(25)14-11-7-8-12-15(14)23(18)4/h7-8,11-13H,5-6,9-10H2,1-4H3. The maximum atomic E-state index is 13.5. The Bertz CT molecular complexity index is 1130. The van der Waals surface area contributed by atoms with E-state index in [1.54, 1.807) is 6.07 Å². The maximum Gasteiger partial charge on any atom is 0.267 e. The molecule has 2 aromatic heterocycles. The summed E-state index contributed by atoms with van der Waals surface area (Å²) in [5, 5.41) is 0.786. The van der Waals surface area contributed by atoms with Crippen LogP contribution in [0.25, 0.3) is 21.9 Å². The van der Waals surface area contributed by atoms with Crippen molar-refractivity contribution in [2.45, 2.75) is 57.9 Å². The van der Waals surface area contributed by atoms with Crippen LogP contribution < -0.4 is 11.0 Å². The maximum absolute atomic E-state index is 13.5. The SMILES string of the molecule is Cn1c2ccccc2c(=O)c2c(=O)n(C3CCCC3)c(C(C)(C)C)nc21. The zero-order valence-corrected chi connectivity index (χ0v) is 15.9. The summed E-state index contributed by atoms with van der Waals surface area (Å²) in [7, 11) is 1.88. The molecule has 0 amide bonds. The number of hydrogen-bond acceptors (Lipinski definition) is 3. The van der Waals surface area contributed by atoms with E-state index in [1.807, 2.05) is 34.4 Å². The first-order valence-corrected chi connectivity index (χ1v) is 9.35. The summed E-state index contributed by atoms with van der Waals surface area (Å²) in [5.74, 6) is 0.771. The Kier molecular flexibility index (Phi) is 3.79. The highest BCUT2D eigenvalue weighted by molar-refractivity contribution is 5.91. The van der Waals surface area contributed by atoms with Crippen molar-refractivity contribution in [2.75, 3.05) is 0 Å². The van der Waals surface area contributed by atoms with Gasteiger partial charge in [-0.25, -0.2) is 4.98 Å². The van der Waals surface area contributed by atoms with E-state index in [-0.39, 0.29) is 27.8 Å². The van der Waals surface area contributed by atoms with Gasteiger partial charge < -0.3 is 4.57 Å². The van der Waals surface area contributed by atoms with Crippen LogP contribution in [0, 0.1) is 0 Å². The Labute approximate surface area is 152 Å². The Morgan fingerprint density at radius 1 is 1.08 bits per heavy atom. The minimum absolute atomic E-state index is 0.143. The fourth-order valence-corrected chi connectivity index (χ4v) is 4.20. The van der Waals surface area contributed by atoms with Crippen molar-refractivity contribution in [3.05, 3.63) is 50.7 Å². The van der Waals surface area contributed by atoms with E-state index in [4.69, 9.17) is 4.98 Å². The van der Waals surface area contributed by atoms with E-state index < -0.39 is 0 Å². The Hall–Kier alpha value is -2.43. The van der Waals surface area contributed by atoms with Crippen molar-refractivity contribution in [1.82, 2.24) is 14.1 Å². The summed E-state index contributed by atoms with van der Waals surface area (Å²) >= 11 is 0. The molecular formula is C21H25N3O2. The van der Waals surface area contributed by atoms with Gasteiger partial charge in [0.2, 0.25) is 5.43 Å². The Morgan fingerprint density at radius 2 is 1.73 bits per heavy atom. The van der Waals surface area contributed by atoms with Crippen LogP contribution in [0.4, 0.5) is 0 Å². The van der Waals surface area contributed by atoms with E-state index in [9.17, 15) is 9.59 Å². The molecule has 1 aliphatic carbocycles. The largest absolute Gasteiger partial charge is 0.328 e. The van der Waals surface area contributed by atoms with Crippen molar-refractivity contribution < 1.29 is 0 Å². The molecule has 0 bridgehead atoms. The number of fused-ring (bicyclic) bond motifs is 2. The molecule has 1 aromatic carbocycles. The lowest BCUT2D eigenvalue weighted by atomic mass is 9.94. The number of aromatic nitrogens is 3. The van der Waals surface area contributed by atoms with Crippen LogP contribution in [0.2, 0.25) is 0 Å². The summed E-state index contributed by atoms with van der Waals surface area (Å²) in [6.07, 6.45) is 4.19. The van der Waals surface area contributed by atoms with E-state index >= 15 is 0 Å². The van der Waals surface area contributed by atoms with Gasteiger partial charge in [-0.05, 0) is 25.0 Å². The number of benzene rings is 1. The highest BCUT2D eigenvalue weighted by Gasteiger charge is 2.30. The van der Waals surface area contributed by atoms with E-state index in [1.165, 1.54) is 0 Å². The van der Waals surface area contributed by atoms with Crippen LogP contribution in [-0.4, -0.2) is 14.1 Å². The molecule has 0 radical (unpaired) electrons. The van der Waals surface area contributed by atoms with Gasteiger partial charge >= 0.3 is 0 Å². The first kappa shape index (κ1) is 17.0. The molecule has 2 heterocycles. The molecule has 0 saturated heterocycles. The monoisotopic (exact) mass is 351 g/mol. The van der Waals surface area contributed by atoms with Crippen molar-refractivity contribution in [3.8, 4) is 0 Å². The third-order valence-electron chi connectivity index (χ3n) is 5.51. The molecule has 0 spiro atoms. The van der Waals surface area contributed by atoms with Crippen LogP contribution in [0.15, 0.2) is 33.9 Å². The molecule has 4 rings (SSSR count). The zero-order valence-electron chi connectivity index (χ0n) is 15.9. The van der Waals surface area contributed by atoms with Crippen molar-refractivity contribution >= 4 is 21.9 Å². The normalized spacial score (nSPS) is 16.0. The van der Waals surface area contributed by atoms with Gasteiger partial charge in [0.1, 0.15) is 11.2 Å². The van der Waals surface area contributed by atoms with Gasteiger partial charge in [-0.1, -0.05) is 45.7 Å². The Balaban J connectivity index is 2.22. The summed E-state index contributed by atoms with van der Waals surface area (Å²) in [6, 6.07) is 7.57. The number of aryl methyl sites for hydroxylation is 1. The van der Waals surface area contributed by atoms with Crippen molar-refractivity contribution in [3.63, 3.8) is 0 Å². The minimum Gasteiger partial charge on any atom is -0.328 e. The quantitative estimate of drug-likeness (QED) is 0.629. The van der Waals surface area contributed by atoms with Gasteiger partial charge in [0.15, 0.2) is 5.65 Å². The molecule has 26 heavy (non-hydrogen) atoms. The van der Waals surface area contributed by atoms with Gasteiger partial charge in [-0.3, -0.25) is 14.2 Å².